The summed E-state index contributed by atoms with van der Waals surface area (Å²) in [6.07, 6.45) is -4.52. The van der Waals surface area contributed by atoms with E-state index in [1.807, 2.05) is 0 Å². The second kappa shape index (κ2) is 4.77. The molecule has 0 saturated heterocycles. The maximum atomic E-state index is 12.6. The van der Waals surface area contributed by atoms with Gasteiger partial charge in [-0.25, -0.2) is 0 Å². The average Bonchev–Trinajstić information content (AvgIpc) is 2.19. The summed E-state index contributed by atoms with van der Waals surface area (Å²) in [5, 5.41) is 8.93. The van der Waals surface area contributed by atoms with E-state index >= 15 is 0 Å². The van der Waals surface area contributed by atoms with Crippen molar-refractivity contribution in [3.05, 3.63) is 35.4 Å². The highest BCUT2D eigenvalue weighted by atomic mass is 19.4. The van der Waals surface area contributed by atoms with Crippen molar-refractivity contribution in [3.8, 4) is 0 Å². The van der Waals surface area contributed by atoms with E-state index in [1.165, 1.54) is 12.1 Å². The average molecular weight is 246 g/mol. The summed E-state index contributed by atoms with van der Waals surface area (Å²) in [6.45, 7) is 2.67. The van der Waals surface area contributed by atoms with E-state index in [-0.39, 0.29) is 5.56 Å². The number of aliphatic carboxylic acids is 1. The van der Waals surface area contributed by atoms with Gasteiger partial charge < -0.3 is 5.11 Å². The van der Waals surface area contributed by atoms with Gasteiger partial charge in [0.15, 0.2) is 0 Å². The number of benzene rings is 1. The molecule has 0 fully saturated rings. The first kappa shape index (κ1) is 13.5. The molecular formula is C12H13F3O2. The molecule has 0 aliphatic heterocycles. The Labute approximate surface area is 97.1 Å². The van der Waals surface area contributed by atoms with Gasteiger partial charge in [-0.2, -0.15) is 13.2 Å². The number of carboxylic acids is 1. The highest BCUT2D eigenvalue weighted by Gasteiger charge is 2.44. The van der Waals surface area contributed by atoms with Crippen molar-refractivity contribution in [2.45, 2.75) is 25.9 Å². The van der Waals surface area contributed by atoms with Gasteiger partial charge in [0.2, 0.25) is 0 Å². The van der Waals surface area contributed by atoms with Crippen LogP contribution in [0.4, 0.5) is 13.2 Å². The summed E-state index contributed by atoms with van der Waals surface area (Å²) in [5.74, 6) is -4.93. The fraction of sp³-hybridized carbons (Fsp3) is 0.417. The van der Waals surface area contributed by atoms with Crippen LogP contribution in [0.1, 0.15) is 24.0 Å². The lowest BCUT2D eigenvalue weighted by Gasteiger charge is -2.23. The smallest absolute Gasteiger partial charge is 0.392 e. The standard InChI is InChI=1S/C12H13F3O2/c1-7-3-5-9(6-4-7)10(11(16)17)8(2)12(13,14)15/h3-6,8,10H,1-2H3,(H,16,17). The molecule has 1 aromatic rings. The van der Waals surface area contributed by atoms with Gasteiger partial charge in [-0.15, -0.1) is 0 Å². The van der Waals surface area contributed by atoms with Gasteiger partial charge in [0.05, 0.1) is 11.8 Å². The zero-order valence-corrected chi connectivity index (χ0v) is 9.45. The molecule has 0 saturated carbocycles. The number of carboxylic acid groups (broad SMARTS) is 1. The van der Waals surface area contributed by atoms with Crippen LogP contribution in [0.25, 0.3) is 0 Å². The molecule has 0 radical (unpaired) electrons. The van der Waals surface area contributed by atoms with E-state index in [0.29, 0.717) is 0 Å². The lowest BCUT2D eigenvalue weighted by atomic mass is 9.86. The molecule has 2 atom stereocenters. The van der Waals surface area contributed by atoms with Crippen LogP contribution in [0, 0.1) is 12.8 Å². The van der Waals surface area contributed by atoms with E-state index in [0.717, 1.165) is 12.5 Å². The first-order valence-electron chi connectivity index (χ1n) is 5.09. The van der Waals surface area contributed by atoms with Gasteiger partial charge in [0.25, 0.3) is 0 Å². The molecule has 94 valence electrons. The van der Waals surface area contributed by atoms with Crippen LogP contribution in [0.2, 0.25) is 0 Å². The number of carbonyl (C=O) groups is 1. The van der Waals surface area contributed by atoms with Crippen molar-refractivity contribution in [2.75, 3.05) is 0 Å². The second-order valence-electron chi connectivity index (χ2n) is 4.06. The Morgan fingerprint density at radius 3 is 2.06 bits per heavy atom. The lowest BCUT2D eigenvalue weighted by Crippen LogP contribution is -2.31. The minimum Gasteiger partial charge on any atom is -0.481 e. The quantitative estimate of drug-likeness (QED) is 0.887. The molecule has 1 aromatic carbocycles. The van der Waals surface area contributed by atoms with Crippen LogP contribution >= 0.6 is 0 Å². The predicted octanol–water partition coefficient (Wildman–Crippen LogP) is 3.36. The molecule has 1 rings (SSSR count). The summed E-state index contributed by atoms with van der Waals surface area (Å²) in [4.78, 5) is 11.0. The molecule has 0 amide bonds. The monoisotopic (exact) mass is 246 g/mol. The second-order valence-corrected chi connectivity index (χ2v) is 4.06. The summed E-state index contributed by atoms with van der Waals surface area (Å²) in [5.41, 5.74) is 1.05. The number of halogens is 3. The minimum absolute atomic E-state index is 0.174. The molecule has 2 unspecified atom stereocenters. The third-order valence-electron chi connectivity index (χ3n) is 2.72. The van der Waals surface area contributed by atoms with E-state index in [4.69, 9.17) is 5.11 Å². The Morgan fingerprint density at radius 1 is 1.24 bits per heavy atom. The number of hydrogen-bond acceptors (Lipinski definition) is 1. The zero-order chi connectivity index (χ0) is 13.2. The van der Waals surface area contributed by atoms with Crippen molar-refractivity contribution in [1.29, 1.82) is 0 Å². The molecular weight excluding hydrogens is 233 g/mol. The molecule has 0 spiro atoms. The Kier molecular flexibility index (Phi) is 3.80. The fourth-order valence-electron chi connectivity index (χ4n) is 1.61. The third-order valence-corrected chi connectivity index (χ3v) is 2.72. The van der Waals surface area contributed by atoms with Crippen LogP contribution in [-0.2, 0) is 4.79 Å². The predicted molar refractivity (Wildman–Crippen MR) is 56.8 cm³/mol. The minimum atomic E-state index is -4.52. The van der Waals surface area contributed by atoms with Crippen molar-refractivity contribution >= 4 is 5.97 Å². The SMILES string of the molecule is Cc1ccc(C(C(=O)O)C(C)C(F)(F)F)cc1. The zero-order valence-electron chi connectivity index (χ0n) is 9.45. The molecule has 17 heavy (non-hydrogen) atoms. The van der Waals surface area contributed by atoms with E-state index in [2.05, 4.69) is 0 Å². The Morgan fingerprint density at radius 2 is 1.71 bits per heavy atom. The largest absolute Gasteiger partial charge is 0.481 e. The maximum Gasteiger partial charge on any atom is 0.392 e. The Bertz CT molecular complexity index is 395. The lowest BCUT2D eigenvalue weighted by molar-refractivity contribution is -0.183. The fourth-order valence-corrected chi connectivity index (χ4v) is 1.61. The number of alkyl halides is 3. The molecule has 0 aliphatic carbocycles. The molecule has 0 bridgehead atoms. The molecule has 0 heterocycles. The number of hydrogen-bond donors (Lipinski definition) is 1. The van der Waals surface area contributed by atoms with Gasteiger partial charge >= 0.3 is 12.1 Å². The highest BCUT2D eigenvalue weighted by molar-refractivity contribution is 5.76. The Hall–Kier alpha value is -1.52. The van der Waals surface area contributed by atoms with Crippen molar-refractivity contribution < 1.29 is 23.1 Å². The number of rotatable bonds is 3. The van der Waals surface area contributed by atoms with Gasteiger partial charge in [-0.05, 0) is 12.5 Å². The molecule has 0 aromatic heterocycles. The van der Waals surface area contributed by atoms with Crippen molar-refractivity contribution in [1.82, 2.24) is 0 Å². The first-order valence-corrected chi connectivity index (χ1v) is 5.09. The van der Waals surface area contributed by atoms with E-state index in [1.54, 1.807) is 19.1 Å². The van der Waals surface area contributed by atoms with Crippen molar-refractivity contribution in [3.63, 3.8) is 0 Å². The molecule has 0 aliphatic rings. The van der Waals surface area contributed by atoms with Gasteiger partial charge in [-0.3, -0.25) is 4.79 Å². The molecule has 2 nitrogen and oxygen atoms in total. The molecule has 1 N–H and O–H groups in total. The van der Waals surface area contributed by atoms with Crippen molar-refractivity contribution in [2.24, 2.45) is 5.92 Å². The van der Waals surface area contributed by atoms with Crippen LogP contribution in [-0.4, -0.2) is 17.3 Å². The van der Waals surface area contributed by atoms with E-state index < -0.39 is 24.0 Å². The summed E-state index contributed by atoms with van der Waals surface area (Å²) in [6, 6.07) is 6.06. The Balaban J connectivity index is 3.10. The van der Waals surface area contributed by atoms with Crippen LogP contribution in [0.15, 0.2) is 24.3 Å². The van der Waals surface area contributed by atoms with Crippen LogP contribution < -0.4 is 0 Å². The van der Waals surface area contributed by atoms with Gasteiger partial charge in [0, 0.05) is 0 Å². The normalized spacial score (nSPS) is 15.4. The van der Waals surface area contributed by atoms with Crippen LogP contribution in [0.3, 0.4) is 0 Å². The van der Waals surface area contributed by atoms with E-state index in [9.17, 15) is 18.0 Å². The first-order chi connectivity index (χ1) is 7.73. The van der Waals surface area contributed by atoms with Crippen LogP contribution in [0.5, 0.6) is 0 Å². The topological polar surface area (TPSA) is 37.3 Å². The summed E-state index contributed by atoms with van der Waals surface area (Å²) >= 11 is 0. The maximum absolute atomic E-state index is 12.6. The summed E-state index contributed by atoms with van der Waals surface area (Å²) < 4.78 is 37.7. The number of aryl methyl sites for hydroxylation is 1. The van der Waals surface area contributed by atoms with Gasteiger partial charge in [-0.1, -0.05) is 36.8 Å². The third kappa shape index (κ3) is 3.22. The van der Waals surface area contributed by atoms with Gasteiger partial charge in [0.1, 0.15) is 0 Å². The summed E-state index contributed by atoms with van der Waals surface area (Å²) in [7, 11) is 0. The molecule has 5 heteroatoms. The highest BCUT2D eigenvalue weighted by Crippen LogP contribution is 2.37.